The van der Waals surface area contributed by atoms with Crippen LogP contribution in [0.1, 0.15) is 6.17 Å². The molecule has 4 nitrogen and oxygen atoms in total. The van der Waals surface area contributed by atoms with Gasteiger partial charge in [-0.25, -0.2) is 9.36 Å². The number of hydrogen-bond acceptors (Lipinski definition) is 2. The van der Waals surface area contributed by atoms with Crippen molar-refractivity contribution in [1.82, 2.24) is 14.3 Å². The van der Waals surface area contributed by atoms with Crippen molar-refractivity contribution in [3.63, 3.8) is 0 Å². The Morgan fingerprint density at radius 1 is 1.05 bits per heavy atom. The van der Waals surface area contributed by atoms with E-state index in [0.717, 1.165) is 11.2 Å². The van der Waals surface area contributed by atoms with Crippen LogP contribution in [-0.2, 0) is 0 Å². The molecule has 1 heterocycles. The molecule has 0 saturated carbocycles. The van der Waals surface area contributed by atoms with Gasteiger partial charge in [-0.2, -0.15) is 0 Å². The van der Waals surface area contributed by atoms with Gasteiger partial charge in [-0.3, -0.25) is 9.69 Å². The summed E-state index contributed by atoms with van der Waals surface area (Å²) in [5.74, 6) is 0. The molecule has 3 rings (SSSR count). The molecule has 0 aliphatic heterocycles. The third-order valence-electron chi connectivity index (χ3n) is 3.78. The Bertz CT molecular complexity index is 859. The summed E-state index contributed by atoms with van der Waals surface area (Å²) in [7, 11) is 3.87. The summed E-state index contributed by atoms with van der Waals surface area (Å²) in [5.41, 5.74) is 1.83. The number of likely N-dealkylation sites (N-methyl/N-ethyl adjacent to an activating group) is 1. The van der Waals surface area contributed by atoms with Gasteiger partial charge in [0.15, 0.2) is 0 Å². The standard InChI is InChI=1S/C18H19N3O/c1-4-17(19(2)3)21-18(22)15-12-8-9-13-16(15)20(21)14-10-6-5-7-11-14/h4-13,17H,1H2,2-3H3. The zero-order valence-corrected chi connectivity index (χ0v) is 12.8. The van der Waals surface area contributed by atoms with Crippen molar-refractivity contribution in [3.05, 3.63) is 77.6 Å². The fourth-order valence-corrected chi connectivity index (χ4v) is 2.77. The Labute approximate surface area is 129 Å². The smallest absolute Gasteiger partial charge is 0.276 e. The van der Waals surface area contributed by atoms with Gasteiger partial charge in [0.05, 0.1) is 16.6 Å². The Morgan fingerprint density at radius 2 is 1.68 bits per heavy atom. The maximum Gasteiger partial charge on any atom is 0.276 e. The van der Waals surface area contributed by atoms with Gasteiger partial charge >= 0.3 is 0 Å². The molecule has 0 spiro atoms. The highest BCUT2D eigenvalue weighted by molar-refractivity contribution is 5.80. The van der Waals surface area contributed by atoms with Gasteiger partial charge in [0, 0.05) is 0 Å². The molecule has 0 aliphatic rings. The maximum atomic E-state index is 12.9. The van der Waals surface area contributed by atoms with Gasteiger partial charge in [-0.1, -0.05) is 43.0 Å². The molecule has 2 aromatic carbocycles. The first kappa shape index (κ1) is 14.4. The summed E-state index contributed by atoms with van der Waals surface area (Å²) in [6.07, 6.45) is 1.56. The van der Waals surface area contributed by atoms with E-state index >= 15 is 0 Å². The second kappa shape index (κ2) is 5.66. The van der Waals surface area contributed by atoms with E-state index in [1.54, 1.807) is 10.8 Å². The first-order valence-corrected chi connectivity index (χ1v) is 7.22. The van der Waals surface area contributed by atoms with Crippen LogP contribution in [0.5, 0.6) is 0 Å². The van der Waals surface area contributed by atoms with E-state index in [2.05, 4.69) is 6.58 Å². The van der Waals surface area contributed by atoms with Crippen molar-refractivity contribution in [2.24, 2.45) is 0 Å². The van der Waals surface area contributed by atoms with Crippen molar-refractivity contribution in [3.8, 4) is 5.69 Å². The van der Waals surface area contributed by atoms with Gasteiger partial charge in [-0.05, 0) is 38.4 Å². The summed E-state index contributed by atoms with van der Waals surface area (Å²) in [6.45, 7) is 3.89. The quantitative estimate of drug-likeness (QED) is 0.692. The number of aromatic nitrogens is 2. The van der Waals surface area contributed by atoms with Crippen LogP contribution >= 0.6 is 0 Å². The lowest BCUT2D eigenvalue weighted by Crippen LogP contribution is -2.34. The second-order valence-electron chi connectivity index (χ2n) is 5.43. The molecule has 0 aliphatic carbocycles. The molecular weight excluding hydrogens is 274 g/mol. The minimum absolute atomic E-state index is 0.0157. The Morgan fingerprint density at radius 3 is 2.32 bits per heavy atom. The SMILES string of the molecule is C=CC(N(C)C)n1c(=O)c2ccccc2n1-c1ccccc1. The molecule has 0 N–H and O–H groups in total. The summed E-state index contributed by atoms with van der Waals surface area (Å²) in [6, 6.07) is 17.6. The molecular formula is C18H19N3O. The van der Waals surface area contributed by atoms with Crippen molar-refractivity contribution in [1.29, 1.82) is 0 Å². The summed E-state index contributed by atoms with van der Waals surface area (Å²) in [4.78, 5) is 14.9. The van der Waals surface area contributed by atoms with Crippen LogP contribution in [0.4, 0.5) is 0 Å². The molecule has 3 aromatic rings. The summed E-state index contributed by atoms with van der Waals surface area (Å²) >= 11 is 0. The van der Waals surface area contributed by atoms with Crippen LogP contribution in [0.2, 0.25) is 0 Å². The Balaban J connectivity index is 2.42. The lowest BCUT2D eigenvalue weighted by Gasteiger charge is -2.25. The average Bonchev–Trinajstić information content (AvgIpc) is 2.82. The fraction of sp³-hybridized carbons (Fsp3) is 0.167. The van der Waals surface area contributed by atoms with Crippen LogP contribution in [-0.4, -0.2) is 28.4 Å². The number of rotatable bonds is 4. The lowest BCUT2D eigenvalue weighted by molar-refractivity contribution is 0.237. The molecule has 22 heavy (non-hydrogen) atoms. The first-order valence-electron chi connectivity index (χ1n) is 7.22. The third kappa shape index (κ3) is 2.18. The molecule has 1 aromatic heterocycles. The van der Waals surface area contributed by atoms with Crippen LogP contribution in [0.25, 0.3) is 16.6 Å². The molecule has 0 fully saturated rings. The predicted molar refractivity (Wildman–Crippen MR) is 90.5 cm³/mol. The highest BCUT2D eigenvalue weighted by Gasteiger charge is 2.20. The highest BCUT2D eigenvalue weighted by Crippen LogP contribution is 2.21. The minimum Gasteiger partial charge on any atom is -0.285 e. The van der Waals surface area contributed by atoms with E-state index in [4.69, 9.17) is 0 Å². The maximum absolute atomic E-state index is 12.9. The molecule has 0 saturated heterocycles. The topological polar surface area (TPSA) is 30.2 Å². The summed E-state index contributed by atoms with van der Waals surface area (Å²) in [5, 5.41) is 0.708. The molecule has 4 heteroatoms. The van der Waals surface area contributed by atoms with Crippen LogP contribution in [0, 0.1) is 0 Å². The van der Waals surface area contributed by atoms with E-state index in [9.17, 15) is 4.79 Å². The largest absolute Gasteiger partial charge is 0.285 e. The Hall–Kier alpha value is -2.59. The van der Waals surface area contributed by atoms with E-state index in [1.165, 1.54) is 0 Å². The number of para-hydroxylation sites is 2. The van der Waals surface area contributed by atoms with E-state index < -0.39 is 0 Å². The monoisotopic (exact) mass is 293 g/mol. The van der Waals surface area contributed by atoms with Gasteiger partial charge in [0.25, 0.3) is 5.56 Å². The minimum atomic E-state index is -0.222. The van der Waals surface area contributed by atoms with Gasteiger partial charge in [0.1, 0.15) is 6.17 Å². The molecule has 1 unspecified atom stereocenters. The molecule has 0 amide bonds. The molecule has 0 radical (unpaired) electrons. The van der Waals surface area contributed by atoms with Crippen LogP contribution < -0.4 is 5.56 Å². The van der Waals surface area contributed by atoms with Crippen molar-refractivity contribution in [2.75, 3.05) is 14.1 Å². The zero-order valence-electron chi connectivity index (χ0n) is 12.8. The van der Waals surface area contributed by atoms with Gasteiger partial charge in [-0.15, -0.1) is 0 Å². The second-order valence-corrected chi connectivity index (χ2v) is 5.43. The number of benzene rings is 2. The van der Waals surface area contributed by atoms with E-state index in [0.29, 0.717) is 5.39 Å². The fourth-order valence-electron chi connectivity index (χ4n) is 2.77. The van der Waals surface area contributed by atoms with Crippen molar-refractivity contribution in [2.45, 2.75) is 6.17 Å². The van der Waals surface area contributed by atoms with Gasteiger partial charge < -0.3 is 0 Å². The number of hydrogen-bond donors (Lipinski definition) is 0. The van der Waals surface area contributed by atoms with Crippen molar-refractivity contribution < 1.29 is 0 Å². The van der Waals surface area contributed by atoms with E-state index in [-0.39, 0.29) is 11.7 Å². The van der Waals surface area contributed by atoms with Crippen molar-refractivity contribution >= 4 is 10.9 Å². The predicted octanol–water partition coefficient (Wildman–Crippen LogP) is 3.04. The highest BCUT2D eigenvalue weighted by atomic mass is 16.1. The molecule has 0 bridgehead atoms. The van der Waals surface area contributed by atoms with Gasteiger partial charge in [0.2, 0.25) is 0 Å². The lowest BCUT2D eigenvalue weighted by atomic mass is 10.2. The third-order valence-corrected chi connectivity index (χ3v) is 3.78. The average molecular weight is 293 g/mol. The van der Waals surface area contributed by atoms with E-state index in [1.807, 2.05) is 78.3 Å². The summed E-state index contributed by atoms with van der Waals surface area (Å²) < 4.78 is 3.71. The number of nitrogens with zero attached hydrogens (tertiary/aromatic N) is 3. The first-order chi connectivity index (χ1) is 10.6. The number of fused-ring (bicyclic) bond motifs is 1. The molecule has 112 valence electrons. The zero-order chi connectivity index (χ0) is 15.7. The molecule has 1 atom stereocenters. The Kier molecular flexibility index (Phi) is 3.69. The normalized spacial score (nSPS) is 12.7. The van der Waals surface area contributed by atoms with Crippen LogP contribution in [0.15, 0.2) is 72.0 Å². The van der Waals surface area contributed by atoms with Crippen LogP contribution in [0.3, 0.4) is 0 Å².